The zero-order valence-corrected chi connectivity index (χ0v) is 17.4. The van der Waals surface area contributed by atoms with Gasteiger partial charge in [0.1, 0.15) is 22.8 Å². The summed E-state index contributed by atoms with van der Waals surface area (Å²) in [5.41, 5.74) is 0.853. The van der Waals surface area contributed by atoms with E-state index in [9.17, 15) is 10.2 Å². The van der Waals surface area contributed by atoms with Gasteiger partial charge in [0.15, 0.2) is 11.6 Å². The SMILES string of the molecule is COc1cc(O)c(-c2nc(OC)nc(-c3cc4ccccc4c4ccccc34)n2)c(O)c1. The number of aromatic nitrogens is 3. The van der Waals surface area contributed by atoms with E-state index in [2.05, 4.69) is 27.1 Å². The number of fused-ring (bicyclic) bond motifs is 3. The van der Waals surface area contributed by atoms with Gasteiger partial charge >= 0.3 is 6.01 Å². The molecule has 0 saturated heterocycles. The number of benzene rings is 4. The van der Waals surface area contributed by atoms with Crippen molar-refractivity contribution >= 4 is 21.5 Å². The molecule has 0 aliphatic heterocycles. The van der Waals surface area contributed by atoms with Gasteiger partial charge < -0.3 is 19.7 Å². The van der Waals surface area contributed by atoms with Crippen molar-refractivity contribution in [2.75, 3.05) is 14.2 Å². The highest BCUT2D eigenvalue weighted by Crippen LogP contribution is 2.40. The highest BCUT2D eigenvalue weighted by Gasteiger charge is 2.20. The molecule has 0 atom stereocenters. The largest absolute Gasteiger partial charge is 0.507 e. The van der Waals surface area contributed by atoms with E-state index in [1.165, 1.54) is 26.4 Å². The first kappa shape index (κ1) is 19.6. The van der Waals surface area contributed by atoms with Gasteiger partial charge in [-0.05, 0) is 27.6 Å². The fraction of sp³-hybridized carbons (Fsp3) is 0.0800. The molecule has 0 aliphatic carbocycles. The molecule has 5 rings (SSSR count). The number of nitrogens with zero attached hydrogens (tertiary/aromatic N) is 3. The lowest BCUT2D eigenvalue weighted by atomic mass is 9.97. The average Bonchev–Trinajstić information content (AvgIpc) is 2.82. The summed E-state index contributed by atoms with van der Waals surface area (Å²) in [6.45, 7) is 0. The summed E-state index contributed by atoms with van der Waals surface area (Å²) in [6.07, 6.45) is 0. The Bertz CT molecular complexity index is 1460. The molecular formula is C25H19N3O4. The number of phenols is 2. The second kappa shape index (κ2) is 7.70. The quantitative estimate of drug-likeness (QED) is 0.394. The molecule has 0 spiro atoms. The van der Waals surface area contributed by atoms with Crippen LogP contribution in [0.3, 0.4) is 0 Å². The van der Waals surface area contributed by atoms with Crippen LogP contribution in [-0.4, -0.2) is 39.4 Å². The van der Waals surface area contributed by atoms with Crippen LogP contribution in [0.4, 0.5) is 0 Å². The van der Waals surface area contributed by atoms with Crippen LogP contribution in [0.15, 0.2) is 66.7 Å². The van der Waals surface area contributed by atoms with Crippen molar-refractivity contribution in [2.24, 2.45) is 0 Å². The number of ether oxygens (including phenoxy) is 2. The van der Waals surface area contributed by atoms with E-state index in [-0.39, 0.29) is 28.9 Å². The summed E-state index contributed by atoms with van der Waals surface area (Å²) in [5, 5.41) is 25.2. The molecule has 158 valence electrons. The summed E-state index contributed by atoms with van der Waals surface area (Å²) in [5.74, 6) is 0.324. The maximum atomic E-state index is 10.5. The van der Waals surface area contributed by atoms with Crippen LogP contribution in [-0.2, 0) is 0 Å². The van der Waals surface area contributed by atoms with Gasteiger partial charge in [-0.25, -0.2) is 4.98 Å². The highest BCUT2D eigenvalue weighted by molar-refractivity contribution is 6.13. The van der Waals surface area contributed by atoms with Gasteiger partial charge in [0, 0.05) is 17.7 Å². The van der Waals surface area contributed by atoms with E-state index in [1.54, 1.807) is 0 Å². The minimum Gasteiger partial charge on any atom is -0.507 e. The second-order valence-corrected chi connectivity index (χ2v) is 7.20. The number of methoxy groups -OCH3 is 2. The lowest BCUT2D eigenvalue weighted by Crippen LogP contribution is -2.01. The third kappa shape index (κ3) is 3.20. The zero-order chi connectivity index (χ0) is 22.2. The molecule has 7 heteroatoms. The Morgan fingerprint density at radius 3 is 1.97 bits per heavy atom. The van der Waals surface area contributed by atoms with Crippen LogP contribution in [0.25, 0.3) is 44.3 Å². The van der Waals surface area contributed by atoms with E-state index < -0.39 is 0 Å². The van der Waals surface area contributed by atoms with Crippen molar-refractivity contribution in [1.82, 2.24) is 15.0 Å². The molecule has 0 bridgehead atoms. The van der Waals surface area contributed by atoms with Crippen molar-refractivity contribution in [1.29, 1.82) is 0 Å². The monoisotopic (exact) mass is 425 g/mol. The van der Waals surface area contributed by atoms with E-state index in [0.717, 1.165) is 27.1 Å². The predicted octanol–water partition coefficient (Wildman–Crippen LogP) is 4.94. The predicted molar refractivity (Wildman–Crippen MR) is 122 cm³/mol. The topological polar surface area (TPSA) is 97.6 Å². The molecule has 4 aromatic carbocycles. The first-order chi connectivity index (χ1) is 15.6. The summed E-state index contributed by atoms with van der Waals surface area (Å²) >= 11 is 0. The number of hydrogen-bond acceptors (Lipinski definition) is 7. The molecule has 0 unspecified atom stereocenters. The van der Waals surface area contributed by atoms with E-state index in [4.69, 9.17) is 9.47 Å². The smallest absolute Gasteiger partial charge is 0.320 e. The minimum atomic E-state index is -0.218. The Morgan fingerprint density at radius 2 is 1.28 bits per heavy atom. The molecule has 2 N–H and O–H groups in total. The number of rotatable bonds is 4. The van der Waals surface area contributed by atoms with Gasteiger partial charge in [0.25, 0.3) is 0 Å². The molecule has 0 fully saturated rings. The Hall–Kier alpha value is -4.39. The van der Waals surface area contributed by atoms with Crippen molar-refractivity contribution < 1.29 is 19.7 Å². The minimum absolute atomic E-state index is 0.0665. The molecule has 0 aliphatic rings. The molecule has 0 amide bonds. The summed E-state index contributed by atoms with van der Waals surface area (Å²) < 4.78 is 10.4. The standard InChI is InChI=1S/C25H19N3O4/c1-31-15-12-20(29)22(21(30)13-15)24-26-23(27-25(28-24)32-2)19-11-14-7-3-4-8-16(14)17-9-5-6-10-18(17)19/h3-13,29-30H,1-2H3. The Balaban J connectivity index is 1.80. The van der Waals surface area contributed by atoms with Crippen LogP contribution < -0.4 is 9.47 Å². The Kier molecular flexibility index (Phi) is 4.71. The molecule has 0 radical (unpaired) electrons. The van der Waals surface area contributed by atoms with Gasteiger partial charge in [0.2, 0.25) is 0 Å². The van der Waals surface area contributed by atoms with Crippen LogP contribution in [0.1, 0.15) is 0 Å². The lowest BCUT2D eigenvalue weighted by molar-refractivity contribution is 0.379. The van der Waals surface area contributed by atoms with Gasteiger partial charge in [-0.3, -0.25) is 0 Å². The lowest BCUT2D eigenvalue weighted by Gasteiger charge is -2.13. The van der Waals surface area contributed by atoms with Crippen molar-refractivity contribution in [2.45, 2.75) is 0 Å². The van der Waals surface area contributed by atoms with Gasteiger partial charge in [-0.2, -0.15) is 9.97 Å². The molecule has 32 heavy (non-hydrogen) atoms. The van der Waals surface area contributed by atoms with Crippen molar-refractivity contribution in [3.8, 4) is 46.0 Å². The number of aromatic hydroxyl groups is 2. The average molecular weight is 425 g/mol. The molecular weight excluding hydrogens is 406 g/mol. The maximum Gasteiger partial charge on any atom is 0.320 e. The van der Waals surface area contributed by atoms with Gasteiger partial charge in [0.05, 0.1) is 14.2 Å². The Labute approximate surface area is 183 Å². The Morgan fingerprint density at radius 1 is 0.656 bits per heavy atom. The van der Waals surface area contributed by atoms with Gasteiger partial charge in [-0.1, -0.05) is 48.5 Å². The fourth-order valence-corrected chi connectivity index (χ4v) is 3.85. The van der Waals surface area contributed by atoms with Crippen LogP contribution in [0, 0.1) is 0 Å². The molecule has 1 heterocycles. The fourth-order valence-electron chi connectivity index (χ4n) is 3.85. The summed E-state index contributed by atoms with van der Waals surface area (Å²) in [7, 11) is 2.90. The van der Waals surface area contributed by atoms with Gasteiger partial charge in [-0.15, -0.1) is 0 Å². The zero-order valence-electron chi connectivity index (χ0n) is 17.4. The molecule has 0 saturated carbocycles. The third-order valence-electron chi connectivity index (χ3n) is 5.34. The van der Waals surface area contributed by atoms with Crippen molar-refractivity contribution in [3.05, 3.63) is 66.7 Å². The first-order valence-electron chi connectivity index (χ1n) is 9.90. The van der Waals surface area contributed by atoms with E-state index in [1.807, 2.05) is 42.5 Å². The third-order valence-corrected chi connectivity index (χ3v) is 5.34. The number of phenolic OH excluding ortho intramolecular Hbond substituents is 2. The normalized spacial score (nSPS) is 11.1. The first-order valence-corrected chi connectivity index (χ1v) is 9.90. The van der Waals surface area contributed by atoms with E-state index >= 15 is 0 Å². The summed E-state index contributed by atoms with van der Waals surface area (Å²) in [6, 6.07) is 21.0. The van der Waals surface area contributed by atoms with Crippen LogP contribution in [0.2, 0.25) is 0 Å². The van der Waals surface area contributed by atoms with Crippen LogP contribution >= 0.6 is 0 Å². The number of hydrogen-bond donors (Lipinski definition) is 2. The van der Waals surface area contributed by atoms with Crippen molar-refractivity contribution in [3.63, 3.8) is 0 Å². The maximum absolute atomic E-state index is 10.5. The second-order valence-electron chi connectivity index (χ2n) is 7.20. The molecule has 7 nitrogen and oxygen atoms in total. The molecule has 1 aromatic heterocycles. The van der Waals surface area contributed by atoms with E-state index in [0.29, 0.717) is 11.6 Å². The highest BCUT2D eigenvalue weighted by atomic mass is 16.5. The molecule has 5 aromatic rings. The summed E-state index contributed by atoms with van der Waals surface area (Å²) in [4.78, 5) is 13.3. The van der Waals surface area contributed by atoms with Crippen LogP contribution in [0.5, 0.6) is 23.3 Å².